The van der Waals surface area contributed by atoms with E-state index in [2.05, 4.69) is 16.1 Å². The second-order valence-electron chi connectivity index (χ2n) is 3.43. The molecule has 0 amide bonds. The van der Waals surface area contributed by atoms with Crippen molar-refractivity contribution in [1.82, 2.24) is 0 Å². The van der Waals surface area contributed by atoms with Crippen LogP contribution in [0.25, 0.3) is 0 Å². The number of esters is 2. The van der Waals surface area contributed by atoms with Gasteiger partial charge in [0.15, 0.2) is 5.41 Å². The minimum atomic E-state index is -1.44. The molecule has 0 aromatic carbocycles. The average molecular weight is 211 g/mol. The molecule has 82 valence electrons. The Balaban J connectivity index is 3.16. The lowest BCUT2D eigenvalue weighted by molar-refractivity contribution is -0.169. The number of methoxy groups -OCH3 is 2. The van der Waals surface area contributed by atoms with Gasteiger partial charge in [-0.25, -0.2) is 0 Å². The second kappa shape index (κ2) is 4.29. The molecule has 0 saturated heterocycles. The summed E-state index contributed by atoms with van der Waals surface area (Å²) in [6, 6.07) is 0.173. The second-order valence-corrected chi connectivity index (χ2v) is 3.43. The Morgan fingerprint density at radius 2 is 2.00 bits per heavy atom. The molecule has 4 heteroatoms. The van der Waals surface area contributed by atoms with E-state index in [0.717, 1.165) is 0 Å². The van der Waals surface area contributed by atoms with Crippen molar-refractivity contribution < 1.29 is 20.4 Å². The van der Waals surface area contributed by atoms with Crippen LogP contribution in [-0.2, 0) is 19.1 Å². The predicted molar refractivity (Wildman–Crippen MR) is 54.0 cm³/mol. The van der Waals surface area contributed by atoms with Crippen molar-refractivity contribution in [1.29, 1.82) is 0 Å². The smallest absolute Gasteiger partial charge is 0.323 e. The Hall–Kier alpha value is -1.58. The fraction of sp³-hybridized carbons (Fsp3) is 0.455. The summed E-state index contributed by atoms with van der Waals surface area (Å²) in [7, 11) is 2.41. The molecule has 1 aliphatic rings. The van der Waals surface area contributed by atoms with E-state index in [0.29, 0.717) is 5.57 Å². The third kappa shape index (κ3) is 1.93. The molecular formula is C11H14O4. The Morgan fingerprint density at radius 1 is 1.47 bits per heavy atom. The lowest BCUT2D eigenvalue weighted by Crippen LogP contribution is -2.42. The van der Waals surface area contributed by atoms with Gasteiger partial charge >= 0.3 is 11.9 Å². The number of hydrogen-bond donors (Lipinski definition) is 0. The van der Waals surface area contributed by atoms with Crippen molar-refractivity contribution in [2.75, 3.05) is 14.2 Å². The van der Waals surface area contributed by atoms with E-state index in [1.807, 2.05) is 0 Å². The molecule has 0 atom stereocenters. The number of allylic oxidation sites excluding steroid dienone is 3. The summed E-state index contributed by atoms with van der Waals surface area (Å²) in [6.07, 6.45) is 1.67. The maximum absolute atomic E-state index is 11.7. The van der Waals surface area contributed by atoms with Crippen LogP contribution in [0.4, 0.5) is 0 Å². The Labute approximate surface area is 90.0 Å². The van der Waals surface area contributed by atoms with Gasteiger partial charge in [-0.15, -0.1) is 0 Å². The average Bonchev–Trinajstić information content (AvgIpc) is 2.25. The topological polar surface area (TPSA) is 52.6 Å². The first-order chi connectivity index (χ1) is 7.46. The maximum atomic E-state index is 11.7. The van der Waals surface area contributed by atoms with Gasteiger partial charge < -0.3 is 9.47 Å². The molecule has 0 aliphatic heterocycles. The number of ether oxygens (including phenoxy) is 2. The molecule has 0 fully saturated rings. The minimum Gasteiger partial charge on any atom is -0.468 e. The van der Waals surface area contributed by atoms with Gasteiger partial charge in [0.1, 0.15) is 0 Å². The molecule has 1 rings (SSSR count). The highest BCUT2D eigenvalue weighted by atomic mass is 16.5. The van der Waals surface area contributed by atoms with Crippen molar-refractivity contribution >= 4 is 11.9 Å². The van der Waals surface area contributed by atoms with Crippen molar-refractivity contribution in [3.05, 3.63) is 24.3 Å². The maximum Gasteiger partial charge on any atom is 0.323 e. The zero-order valence-electron chi connectivity index (χ0n) is 9.83. The predicted octanol–water partition coefficient (Wildman–Crippen LogP) is 1.23. The van der Waals surface area contributed by atoms with Gasteiger partial charge in [0.25, 0.3) is 0 Å². The van der Waals surface area contributed by atoms with Gasteiger partial charge in [-0.05, 0) is 12.8 Å². The Morgan fingerprint density at radius 3 is 2.40 bits per heavy atom. The summed E-state index contributed by atoms with van der Waals surface area (Å²) in [6.45, 7) is 3.68. The first-order valence-electron chi connectivity index (χ1n) is 4.98. The molecule has 0 N–H and O–H groups in total. The zero-order chi connectivity index (χ0) is 12.3. The standard InChI is InChI=1S/C11H14O4/c1-8-5-4-6-11(7-8,9(12)14-2)10(13)15-3/h4-5H,1,6-7H2,2-3H3/i4D. The first kappa shape index (κ1) is 9.96. The summed E-state index contributed by atoms with van der Waals surface area (Å²) in [4.78, 5) is 23.4. The van der Waals surface area contributed by atoms with Crippen LogP contribution < -0.4 is 0 Å². The third-order valence-corrected chi connectivity index (χ3v) is 2.39. The van der Waals surface area contributed by atoms with Crippen molar-refractivity contribution in [3.63, 3.8) is 0 Å². The van der Waals surface area contributed by atoms with Gasteiger partial charge in [0, 0.05) is 0 Å². The van der Waals surface area contributed by atoms with E-state index in [4.69, 9.17) is 1.37 Å². The number of carbonyl (C=O) groups is 2. The number of hydrogen-bond acceptors (Lipinski definition) is 4. The molecule has 0 bridgehead atoms. The van der Waals surface area contributed by atoms with Crippen LogP contribution in [0.5, 0.6) is 0 Å². The van der Waals surface area contributed by atoms with E-state index in [-0.39, 0.29) is 18.9 Å². The Kier molecular flexibility index (Phi) is 2.85. The molecular weight excluding hydrogens is 196 g/mol. The molecule has 15 heavy (non-hydrogen) atoms. The van der Waals surface area contributed by atoms with Crippen LogP contribution in [-0.4, -0.2) is 26.2 Å². The highest BCUT2D eigenvalue weighted by Crippen LogP contribution is 2.37. The highest BCUT2D eigenvalue weighted by Gasteiger charge is 2.48. The highest BCUT2D eigenvalue weighted by molar-refractivity contribution is 6.00. The molecule has 0 saturated carbocycles. The van der Waals surface area contributed by atoms with Gasteiger partial charge in [-0.1, -0.05) is 24.3 Å². The summed E-state index contributed by atoms with van der Waals surface area (Å²) in [5.41, 5.74) is -0.890. The van der Waals surface area contributed by atoms with Gasteiger partial charge in [0.2, 0.25) is 0 Å². The van der Waals surface area contributed by atoms with Gasteiger partial charge in [-0.2, -0.15) is 0 Å². The molecule has 0 aromatic rings. The lowest BCUT2D eigenvalue weighted by atomic mass is 9.75. The van der Waals surface area contributed by atoms with Gasteiger partial charge in [0.05, 0.1) is 15.6 Å². The molecule has 0 aromatic heterocycles. The molecule has 4 nitrogen and oxygen atoms in total. The lowest BCUT2D eigenvalue weighted by Gasteiger charge is -2.29. The van der Waals surface area contributed by atoms with E-state index < -0.39 is 17.4 Å². The molecule has 1 aliphatic carbocycles. The van der Waals surface area contributed by atoms with Crippen LogP contribution in [0.1, 0.15) is 14.2 Å². The quantitative estimate of drug-likeness (QED) is 0.509. The normalized spacial score (nSPS) is 20.0. The summed E-state index contributed by atoms with van der Waals surface area (Å²) >= 11 is 0. The fourth-order valence-electron chi connectivity index (χ4n) is 1.63. The van der Waals surface area contributed by atoms with Gasteiger partial charge in [-0.3, -0.25) is 9.59 Å². The van der Waals surface area contributed by atoms with Crippen molar-refractivity contribution in [2.24, 2.45) is 5.41 Å². The van der Waals surface area contributed by atoms with E-state index in [1.165, 1.54) is 14.2 Å². The summed E-state index contributed by atoms with van der Waals surface area (Å²) < 4.78 is 16.8. The van der Waals surface area contributed by atoms with Crippen LogP contribution in [0.15, 0.2) is 24.3 Å². The molecule has 0 radical (unpaired) electrons. The zero-order valence-corrected chi connectivity index (χ0v) is 8.83. The SMILES string of the molecule is [2H]C1=CC(=C)CC(C(=O)OC)(C(=O)OC)C1. The third-order valence-electron chi connectivity index (χ3n) is 2.39. The van der Waals surface area contributed by atoms with Crippen LogP contribution in [0, 0.1) is 5.41 Å². The molecule has 0 spiro atoms. The molecule has 0 unspecified atom stereocenters. The fourth-order valence-corrected chi connectivity index (χ4v) is 1.63. The summed E-state index contributed by atoms with van der Waals surface area (Å²) in [5, 5.41) is 0. The summed E-state index contributed by atoms with van der Waals surface area (Å²) in [5.74, 6) is -1.36. The van der Waals surface area contributed by atoms with E-state index in [9.17, 15) is 9.59 Å². The largest absolute Gasteiger partial charge is 0.468 e. The minimum absolute atomic E-state index is 0.00856. The monoisotopic (exact) mass is 211 g/mol. The van der Waals surface area contributed by atoms with Crippen LogP contribution >= 0.6 is 0 Å². The van der Waals surface area contributed by atoms with Crippen molar-refractivity contribution in [3.8, 4) is 0 Å². The van der Waals surface area contributed by atoms with Crippen LogP contribution in [0.2, 0.25) is 0 Å². The number of carbonyl (C=O) groups excluding carboxylic acids is 2. The van der Waals surface area contributed by atoms with Crippen molar-refractivity contribution in [2.45, 2.75) is 12.8 Å². The van der Waals surface area contributed by atoms with E-state index >= 15 is 0 Å². The van der Waals surface area contributed by atoms with Crippen LogP contribution in [0.3, 0.4) is 0 Å². The first-order valence-corrected chi connectivity index (χ1v) is 4.48. The molecule has 0 heterocycles. The number of rotatable bonds is 2. The van der Waals surface area contributed by atoms with E-state index in [1.54, 1.807) is 6.08 Å². The Bertz CT molecular complexity index is 354.